The van der Waals surface area contributed by atoms with Gasteiger partial charge in [-0.2, -0.15) is 0 Å². The van der Waals surface area contributed by atoms with E-state index in [0.717, 1.165) is 0 Å². The van der Waals surface area contributed by atoms with Crippen LogP contribution in [-0.2, 0) is 4.74 Å². The van der Waals surface area contributed by atoms with E-state index < -0.39 is 0 Å². The van der Waals surface area contributed by atoms with Gasteiger partial charge in [-0.15, -0.1) is 0 Å². The minimum absolute atomic E-state index is 0.0842. The number of nitrogens with zero attached hydrogens (tertiary/aromatic N) is 2. The van der Waals surface area contributed by atoms with Crippen molar-refractivity contribution in [3.05, 3.63) is 17.8 Å². The first-order valence-corrected chi connectivity index (χ1v) is 5.14. The van der Waals surface area contributed by atoms with E-state index in [9.17, 15) is 4.79 Å². The number of carbonyl (C=O) groups excluding carboxylic acids is 1. The first-order chi connectivity index (χ1) is 7.72. The van der Waals surface area contributed by atoms with Gasteiger partial charge in [0.1, 0.15) is 0 Å². The fourth-order valence-electron chi connectivity index (χ4n) is 1.67. The summed E-state index contributed by atoms with van der Waals surface area (Å²) < 4.78 is 10.3. The number of aromatic nitrogens is 1. The highest BCUT2D eigenvalue weighted by Crippen LogP contribution is 2.12. The second-order valence-corrected chi connectivity index (χ2v) is 3.69. The molecule has 0 bridgehead atoms. The summed E-state index contributed by atoms with van der Waals surface area (Å²) in [5, 5.41) is 8.98. The van der Waals surface area contributed by atoms with Gasteiger partial charge in [-0.1, -0.05) is 0 Å². The summed E-state index contributed by atoms with van der Waals surface area (Å²) in [5.74, 6) is 0.0651. The number of aliphatic hydroxyl groups excluding tert-OH is 1. The number of carbonyl (C=O) groups is 1. The lowest BCUT2D eigenvalue weighted by molar-refractivity contribution is -0.0454. The molecule has 1 atom stereocenters. The van der Waals surface area contributed by atoms with Crippen molar-refractivity contribution in [3.63, 3.8) is 0 Å². The molecule has 1 aromatic rings. The molecule has 2 heterocycles. The smallest absolute Gasteiger partial charge is 0.291 e. The van der Waals surface area contributed by atoms with Gasteiger partial charge in [0.25, 0.3) is 5.91 Å². The van der Waals surface area contributed by atoms with Crippen LogP contribution in [0.1, 0.15) is 16.2 Å². The highest BCUT2D eigenvalue weighted by molar-refractivity contribution is 5.92. The van der Waals surface area contributed by atoms with Crippen molar-refractivity contribution < 1.29 is 19.1 Å². The van der Waals surface area contributed by atoms with Gasteiger partial charge in [-0.3, -0.25) is 4.79 Å². The monoisotopic (exact) mass is 226 g/mol. The molecule has 0 radical (unpaired) electrons. The Labute approximate surface area is 92.8 Å². The van der Waals surface area contributed by atoms with Gasteiger partial charge >= 0.3 is 0 Å². The molecule has 6 heteroatoms. The molecule has 0 aromatic carbocycles. The zero-order valence-corrected chi connectivity index (χ0v) is 9.05. The summed E-state index contributed by atoms with van der Waals surface area (Å²) >= 11 is 0. The molecule has 1 aliphatic heterocycles. The molecule has 0 saturated carbocycles. The SMILES string of the molecule is Cc1ncoc1C(=O)N1CCOC(CO)C1. The first-order valence-electron chi connectivity index (χ1n) is 5.14. The lowest BCUT2D eigenvalue weighted by Crippen LogP contribution is -2.46. The van der Waals surface area contributed by atoms with Crippen molar-refractivity contribution >= 4 is 5.91 Å². The number of hydrogen-bond donors (Lipinski definition) is 1. The van der Waals surface area contributed by atoms with E-state index >= 15 is 0 Å². The quantitative estimate of drug-likeness (QED) is 0.756. The minimum atomic E-state index is -0.305. The maximum Gasteiger partial charge on any atom is 0.291 e. The highest BCUT2D eigenvalue weighted by atomic mass is 16.5. The molecule has 1 unspecified atom stereocenters. The predicted octanol–water partition coefficient (Wildman–Crippen LogP) is -0.184. The van der Waals surface area contributed by atoms with Crippen molar-refractivity contribution in [1.82, 2.24) is 9.88 Å². The number of morpholine rings is 1. The number of aryl methyl sites for hydroxylation is 1. The van der Waals surface area contributed by atoms with Crippen molar-refractivity contribution in [2.45, 2.75) is 13.0 Å². The van der Waals surface area contributed by atoms with Crippen LogP contribution in [0.25, 0.3) is 0 Å². The van der Waals surface area contributed by atoms with E-state index in [4.69, 9.17) is 14.3 Å². The molecule has 88 valence electrons. The number of ether oxygens (including phenoxy) is 1. The van der Waals surface area contributed by atoms with Crippen LogP contribution in [0.3, 0.4) is 0 Å². The average Bonchev–Trinajstić information content (AvgIpc) is 2.74. The van der Waals surface area contributed by atoms with Gasteiger partial charge in [0.15, 0.2) is 6.39 Å². The Hall–Kier alpha value is -1.40. The van der Waals surface area contributed by atoms with E-state index in [0.29, 0.717) is 25.4 Å². The summed E-state index contributed by atoms with van der Waals surface area (Å²) in [6.07, 6.45) is 0.952. The summed E-state index contributed by atoms with van der Waals surface area (Å²) in [6, 6.07) is 0. The maximum absolute atomic E-state index is 12.0. The van der Waals surface area contributed by atoms with Gasteiger partial charge < -0.3 is 19.2 Å². The van der Waals surface area contributed by atoms with Crippen LogP contribution in [0.15, 0.2) is 10.8 Å². The molecule has 1 N–H and O–H groups in total. The molecule has 1 aromatic heterocycles. The Bertz CT molecular complexity index is 377. The van der Waals surface area contributed by atoms with Crippen LogP contribution in [0.2, 0.25) is 0 Å². The van der Waals surface area contributed by atoms with Gasteiger partial charge in [-0.05, 0) is 6.92 Å². The van der Waals surface area contributed by atoms with Crippen LogP contribution in [0, 0.1) is 6.92 Å². The summed E-state index contributed by atoms with van der Waals surface area (Å²) in [6.45, 7) is 2.97. The summed E-state index contributed by atoms with van der Waals surface area (Å²) in [5.41, 5.74) is 0.581. The van der Waals surface area contributed by atoms with Crippen LogP contribution in [0.4, 0.5) is 0 Å². The van der Waals surface area contributed by atoms with Gasteiger partial charge in [-0.25, -0.2) is 4.98 Å². The number of amides is 1. The molecular formula is C10H14N2O4. The van der Waals surface area contributed by atoms with Crippen LogP contribution < -0.4 is 0 Å². The lowest BCUT2D eigenvalue weighted by atomic mass is 10.2. The Balaban J connectivity index is 2.07. The van der Waals surface area contributed by atoms with Crippen molar-refractivity contribution in [1.29, 1.82) is 0 Å². The third kappa shape index (κ3) is 2.07. The lowest BCUT2D eigenvalue weighted by Gasteiger charge is -2.31. The Morgan fingerprint density at radius 3 is 3.19 bits per heavy atom. The predicted molar refractivity (Wildman–Crippen MR) is 54.0 cm³/mol. The third-order valence-electron chi connectivity index (χ3n) is 2.57. The van der Waals surface area contributed by atoms with E-state index in [2.05, 4.69) is 4.98 Å². The summed E-state index contributed by atoms with van der Waals surface area (Å²) in [7, 11) is 0. The van der Waals surface area contributed by atoms with E-state index in [1.54, 1.807) is 11.8 Å². The normalized spacial score (nSPS) is 21.1. The molecular weight excluding hydrogens is 212 g/mol. The Morgan fingerprint density at radius 1 is 1.75 bits per heavy atom. The average molecular weight is 226 g/mol. The first kappa shape index (κ1) is 11.1. The minimum Gasteiger partial charge on any atom is -0.438 e. The van der Waals surface area contributed by atoms with E-state index in [1.807, 2.05) is 0 Å². The molecule has 0 aliphatic carbocycles. The van der Waals surface area contributed by atoms with E-state index in [1.165, 1.54) is 6.39 Å². The summed E-state index contributed by atoms with van der Waals surface area (Å²) in [4.78, 5) is 17.5. The maximum atomic E-state index is 12.0. The molecule has 1 saturated heterocycles. The van der Waals surface area contributed by atoms with Crippen molar-refractivity contribution in [2.24, 2.45) is 0 Å². The standard InChI is InChI=1S/C10H14N2O4/c1-7-9(16-6-11-7)10(14)12-2-3-15-8(4-12)5-13/h6,8,13H,2-5H2,1H3. The van der Waals surface area contributed by atoms with Crippen LogP contribution >= 0.6 is 0 Å². The number of rotatable bonds is 2. The fourth-order valence-corrected chi connectivity index (χ4v) is 1.67. The number of oxazole rings is 1. The van der Waals surface area contributed by atoms with Crippen molar-refractivity contribution in [2.75, 3.05) is 26.3 Å². The second-order valence-electron chi connectivity index (χ2n) is 3.69. The van der Waals surface area contributed by atoms with Gasteiger partial charge in [0.2, 0.25) is 5.76 Å². The second kappa shape index (κ2) is 4.63. The van der Waals surface area contributed by atoms with E-state index in [-0.39, 0.29) is 24.4 Å². The molecule has 1 fully saturated rings. The molecule has 6 nitrogen and oxygen atoms in total. The van der Waals surface area contributed by atoms with Crippen LogP contribution in [0.5, 0.6) is 0 Å². The Kier molecular flexibility index (Phi) is 3.21. The van der Waals surface area contributed by atoms with Crippen LogP contribution in [-0.4, -0.2) is 53.3 Å². The zero-order chi connectivity index (χ0) is 11.5. The topological polar surface area (TPSA) is 75.8 Å². The number of hydrogen-bond acceptors (Lipinski definition) is 5. The molecule has 2 rings (SSSR count). The number of aliphatic hydroxyl groups is 1. The zero-order valence-electron chi connectivity index (χ0n) is 9.05. The molecule has 1 aliphatic rings. The largest absolute Gasteiger partial charge is 0.438 e. The fraction of sp³-hybridized carbons (Fsp3) is 0.600. The third-order valence-corrected chi connectivity index (χ3v) is 2.57. The Morgan fingerprint density at radius 2 is 2.56 bits per heavy atom. The van der Waals surface area contributed by atoms with Gasteiger partial charge in [0.05, 0.1) is 25.0 Å². The molecule has 1 amide bonds. The van der Waals surface area contributed by atoms with Crippen molar-refractivity contribution in [3.8, 4) is 0 Å². The molecule has 0 spiro atoms. The highest BCUT2D eigenvalue weighted by Gasteiger charge is 2.27. The molecule has 16 heavy (non-hydrogen) atoms. The van der Waals surface area contributed by atoms with Gasteiger partial charge in [0, 0.05) is 13.1 Å².